The van der Waals surface area contributed by atoms with E-state index in [1.807, 2.05) is 38.1 Å². The number of carbonyl (C=O) groups excluding carboxylic acids is 1. The van der Waals surface area contributed by atoms with E-state index >= 15 is 0 Å². The van der Waals surface area contributed by atoms with Crippen molar-refractivity contribution in [3.05, 3.63) is 47.8 Å². The van der Waals surface area contributed by atoms with E-state index in [0.717, 1.165) is 46.0 Å². The number of aromatic amines is 1. The van der Waals surface area contributed by atoms with Gasteiger partial charge in [-0.2, -0.15) is 5.10 Å². The van der Waals surface area contributed by atoms with E-state index < -0.39 is 0 Å². The van der Waals surface area contributed by atoms with Crippen molar-refractivity contribution in [2.75, 3.05) is 13.2 Å². The van der Waals surface area contributed by atoms with E-state index in [1.165, 1.54) is 0 Å². The standard InChI is InChI=1S/C24H29N3O3/c1-5-6-18(12-19-14(2)11-20(19)25-16(4)28)24-23(15(3)26-27-24)17-7-8-21-22(13-17)30-10-9-29-21/h5-8,12-14,19-20H,9-11H2,1-4H3,(H,25,28)(H,26,27)/b6-5-,18-12+. The van der Waals surface area contributed by atoms with E-state index in [1.54, 1.807) is 6.92 Å². The second-order valence-electron chi connectivity index (χ2n) is 8.15. The molecule has 1 aliphatic heterocycles. The summed E-state index contributed by atoms with van der Waals surface area (Å²) in [4.78, 5) is 11.6. The summed E-state index contributed by atoms with van der Waals surface area (Å²) in [5.41, 5.74) is 5.05. The Bertz CT molecular complexity index is 1010. The lowest BCUT2D eigenvalue weighted by Crippen LogP contribution is -2.50. The lowest BCUT2D eigenvalue weighted by molar-refractivity contribution is -0.121. The van der Waals surface area contributed by atoms with Gasteiger partial charge in [0.25, 0.3) is 0 Å². The molecule has 1 fully saturated rings. The van der Waals surface area contributed by atoms with Gasteiger partial charge in [-0.15, -0.1) is 0 Å². The van der Waals surface area contributed by atoms with Gasteiger partial charge in [-0.3, -0.25) is 9.89 Å². The predicted octanol–water partition coefficient (Wildman–Crippen LogP) is 4.28. The molecular weight excluding hydrogens is 378 g/mol. The van der Waals surface area contributed by atoms with Gasteiger partial charge in [0.05, 0.1) is 5.69 Å². The number of aryl methyl sites for hydroxylation is 1. The molecule has 0 spiro atoms. The molecule has 0 radical (unpaired) electrons. The Morgan fingerprint density at radius 2 is 2.03 bits per heavy atom. The van der Waals surface area contributed by atoms with Gasteiger partial charge >= 0.3 is 0 Å². The number of H-pyrrole nitrogens is 1. The fraction of sp³-hybridized carbons (Fsp3) is 0.417. The number of ether oxygens (including phenoxy) is 2. The summed E-state index contributed by atoms with van der Waals surface area (Å²) in [6.07, 6.45) is 7.37. The SMILES string of the molecule is C/C=C\C(=C/C1C(C)CC1NC(C)=O)c1n[nH]c(C)c1-c1ccc2c(c1)OCCO2. The minimum Gasteiger partial charge on any atom is -0.486 e. The number of carbonyl (C=O) groups is 1. The summed E-state index contributed by atoms with van der Waals surface area (Å²) in [5, 5.41) is 10.9. The highest BCUT2D eigenvalue weighted by molar-refractivity contribution is 5.85. The monoisotopic (exact) mass is 407 g/mol. The Labute approximate surface area is 177 Å². The van der Waals surface area contributed by atoms with Crippen LogP contribution in [0, 0.1) is 18.8 Å². The van der Waals surface area contributed by atoms with Crippen LogP contribution < -0.4 is 14.8 Å². The first-order valence-electron chi connectivity index (χ1n) is 10.5. The molecule has 4 rings (SSSR count). The van der Waals surface area contributed by atoms with Crippen molar-refractivity contribution in [1.29, 1.82) is 0 Å². The molecule has 6 heteroatoms. The Kier molecular flexibility index (Phi) is 5.66. The van der Waals surface area contributed by atoms with Crippen molar-refractivity contribution in [2.45, 2.75) is 40.2 Å². The van der Waals surface area contributed by atoms with Gasteiger partial charge in [0.2, 0.25) is 5.91 Å². The fourth-order valence-electron chi connectivity index (χ4n) is 4.40. The molecule has 1 amide bonds. The van der Waals surface area contributed by atoms with Gasteiger partial charge < -0.3 is 14.8 Å². The predicted molar refractivity (Wildman–Crippen MR) is 117 cm³/mol. The molecule has 3 unspecified atom stereocenters. The molecule has 1 aliphatic carbocycles. The molecule has 2 aliphatic rings. The van der Waals surface area contributed by atoms with Crippen LogP contribution in [0.25, 0.3) is 16.7 Å². The first kappa shape index (κ1) is 20.3. The fourth-order valence-corrected chi connectivity index (χ4v) is 4.40. The van der Waals surface area contributed by atoms with Crippen LogP contribution in [0.4, 0.5) is 0 Å². The average Bonchev–Trinajstić information content (AvgIpc) is 3.11. The summed E-state index contributed by atoms with van der Waals surface area (Å²) in [6.45, 7) is 8.97. The normalized spacial score (nSPS) is 23.3. The van der Waals surface area contributed by atoms with Gasteiger partial charge in [-0.05, 0) is 49.5 Å². The van der Waals surface area contributed by atoms with Crippen LogP contribution in [-0.2, 0) is 4.79 Å². The van der Waals surface area contributed by atoms with Crippen LogP contribution in [0.15, 0.2) is 36.4 Å². The number of allylic oxidation sites excluding steroid dienone is 3. The van der Waals surface area contributed by atoms with Gasteiger partial charge in [-0.25, -0.2) is 0 Å². The Hall–Kier alpha value is -3.02. The third kappa shape index (κ3) is 3.86. The van der Waals surface area contributed by atoms with Crippen LogP contribution in [0.5, 0.6) is 11.5 Å². The first-order chi connectivity index (χ1) is 14.5. The zero-order valence-corrected chi connectivity index (χ0v) is 18.0. The molecule has 1 aromatic carbocycles. The van der Waals surface area contributed by atoms with Crippen LogP contribution in [0.3, 0.4) is 0 Å². The van der Waals surface area contributed by atoms with E-state index in [-0.39, 0.29) is 17.9 Å². The number of rotatable bonds is 5. The second-order valence-corrected chi connectivity index (χ2v) is 8.15. The highest BCUT2D eigenvalue weighted by Gasteiger charge is 2.37. The lowest BCUT2D eigenvalue weighted by Gasteiger charge is -2.42. The number of nitrogens with one attached hydrogen (secondary N) is 2. The Morgan fingerprint density at radius 1 is 1.27 bits per heavy atom. The van der Waals surface area contributed by atoms with Crippen LogP contribution in [0.2, 0.25) is 0 Å². The quantitative estimate of drug-likeness (QED) is 0.726. The van der Waals surface area contributed by atoms with E-state index in [9.17, 15) is 4.79 Å². The topological polar surface area (TPSA) is 76.2 Å². The minimum atomic E-state index is 0.0189. The summed E-state index contributed by atoms with van der Waals surface area (Å²) in [5.74, 6) is 2.36. The molecule has 1 saturated carbocycles. The molecule has 2 heterocycles. The van der Waals surface area contributed by atoms with Crippen LogP contribution in [0.1, 0.15) is 38.6 Å². The average molecular weight is 408 g/mol. The summed E-state index contributed by atoms with van der Waals surface area (Å²) in [6, 6.07) is 6.21. The molecule has 1 aromatic heterocycles. The van der Waals surface area contributed by atoms with Crippen molar-refractivity contribution in [3.8, 4) is 22.6 Å². The zero-order valence-electron chi connectivity index (χ0n) is 18.0. The Balaban J connectivity index is 1.73. The second kappa shape index (κ2) is 8.38. The number of fused-ring (bicyclic) bond motifs is 1. The lowest BCUT2D eigenvalue weighted by atomic mass is 9.69. The maximum atomic E-state index is 11.6. The number of aromatic nitrogens is 2. The van der Waals surface area contributed by atoms with E-state index in [4.69, 9.17) is 9.47 Å². The van der Waals surface area contributed by atoms with Gasteiger partial charge in [0, 0.05) is 30.1 Å². The smallest absolute Gasteiger partial charge is 0.217 e. The van der Waals surface area contributed by atoms with Crippen molar-refractivity contribution in [1.82, 2.24) is 15.5 Å². The summed E-state index contributed by atoms with van der Waals surface area (Å²) < 4.78 is 11.4. The number of amides is 1. The van der Waals surface area contributed by atoms with Crippen molar-refractivity contribution in [2.24, 2.45) is 11.8 Å². The van der Waals surface area contributed by atoms with Crippen molar-refractivity contribution in [3.63, 3.8) is 0 Å². The maximum Gasteiger partial charge on any atom is 0.217 e. The van der Waals surface area contributed by atoms with Crippen molar-refractivity contribution < 1.29 is 14.3 Å². The van der Waals surface area contributed by atoms with Crippen LogP contribution >= 0.6 is 0 Å². The molecule has 158 valence electrons. The third-order valence-corrected chi connectivity index (χ3v) is 5.91. The molecule has 0 bridgehead atoms. The molecule has 2 aromatic rings. The van der Waals surface area contributed by atoms with Gasteiger partial charge in [0.15, 0.2) is 11.5 Å². The largest absolute Gasteiger partial charge is 0.486 e. The summed E-state index contributed by atoms with van der Waals surface area (Å²) in [7, 11) is 0. The first-order valence-corrected chi connectivity index (χ1v) is 10.5. The van der Waals surface area contributed by atoms with Crippen LogP contribution in [-0.4, -0.2) is 35.4 Å². The maximum absolute atomic E-state index is 11.6. The highest BCUT2D eigenvalue weighted by atomic mass is 16.6. The van der Waals surface area contributed by atoms with Gasteiger partial charge in [-0.1, -0.05) is 31.2 Å². The van der Waals surface area contributed by atoms with E-state index in [2.05, 4.69) is 34.6 Å². The molecular formula is C24H29N3O3. The number of nitrogens with zero attached hydrogens (tertiary/aromatic N) is 1. The van der Waals surface area contributed by atoms with Crippen molar-refractivity contribution >= 4 is 11.5 Å². The summed E-state index contributed by atoms with van der Waals surface area (Å²) >= 11 is 0. The molecule has 3 atom stereocenters. The molecule has 30 heavy (non-hydrogen) atoms. The third-order valence-electron chi connectivity index (χ3n) is 5.91. The number of benzene rings is 1. The molecule has 6 nitrogen and oxygen atoms in total. The molecule has 0 saturated heterocycles. The number of hydrogen-bond donors (Lipinski definition) is 2. The number of hydrogen-bond acceptors (Lipinski definition) is 4. The van der Waals surface area contributed by atoms with Gasteiger partial charge in [0.1, 0.15) is 13.2 Å². The highest BCUT2D eigenvalue weighted by Crippen LogP contribution is 2.41. The molecule has 2 N–H and O–H groups in total. The zero-order chi connectivity index (χ0) is 21.3. The minimum absolute atomic E-state index is 0.0189. The van der Waals surface area contributed by atoms with E-state index in [0.29, 0.717) is 19.1 Å². The Morgan fingerprint density at radius 3 is 2.73 bits per heavy atom.